The lowest BCUT2D eigenvalue weighted by molar-refractivity contribution is -0.138. The second-order valence-electron chi connectivity index (χ2n) is 3.48. The van der Waals surface area contributed by atoms with E-state index >= 15 is 0 Å². The van der Waals surface area contributed by atoms with Gasteiger partial charge in [0.15, 0.2) is 0 Å². The molecule has 1 amide bonds. The van der Waals surface area contributed by atoms with Crippen molar-refractivity contribution in [3.05, 3.63) is 34.2 Å². The molecule has 0 aliphatic rings. The van der Waals surface area contributed by atoms with E-state index in [1.807, 2.05) is 0 Å². The topological polar surface area (TPSA) is 72.5 Å². The van der Waals surface area contributed by atoms with Gasteiger partial charge < -0.3 is 5.73 Å². The Kier molecular flexibility index (Phi) is 3.50. The third-order valence-corrected chi connectivity index (χ3v) is 2.34. The average molecular weight is 246 g/mol. The fraction of sp³-hybridized carbons (Fsp3) is 0.300. The summed E-state index contributed by atoms with van der Waals surface area (Å²) in [6.45, 7) is 1.26. The predicted molar refractivity (Wildman–Crippen MR) is 54.5 cm³/mol. The Bertz CT molecular complexity index is 457. The van der Waals surface area contributed by atoms with Crippen LogP contribution in [0.1, 0.15) is 24.0 Å². The molecule has 1 aromatic carbocycles. The third kappa shape index (κ3) is 2.80. The molecular weight excluding hydrogens is 237 g/mol. The maximum atomic E-state index is 12.7. The molecule has 0 fully saturated rings. The van der Waals surface area contributed by atoms with Crippen LogP contribution in [0.25, 0.3) is 0 Å². The highest BCUT2D eigenvalue weighted by atomic mass is 19.4. The molecule has 1 rings (SSSR count). The Hall–Kier alpha value is -1.92. The van der Waals surface area contributed by atoms with Crippen LogP contribution in [0.2, 0.25) is 0 Å². The molecule has 92 valence electrons. The lowest BCUT2D eigenvalue weighted by Crippen LogP contribution is -2.22. The Labute approximate surface area is 94.6 Å². The minimum Gasteiger partial charge on any atom is -0.369 e. The number of hydrogen-bond donors (Lipinski definition) is 1. The van der Waals surface area contributed by atoms with Crippen molar-refractivity contribution in [1.82, 2.24) is 0 Å². The number of rotatable bonds is 3. The smallest absolute Gasteiger partial charge is 0.369 e. The molecule has 1 aromatic rings. The lowest BCUT2D eigenvalue weighted by atomic mass is 9.94. The van der Waals surface area contributed by atoms with Crippen LogP contribution >= 0.6 is 0 Å². The van der Waals surface area contributed by atoms with Crippen LogP contribution < -0.4 is 5.73 Å². The highest BCUT2D eigenvalue weighted by molar-refractivity contribution is 5.82. The van der Waals surface area contributed by atoms with Gasteiger partial charge in [-0.2, -0.15) is 13.2 Å². The van der Waals surface area contributed by atoms with Crippen LogP contribution in [0, 0.1) is 4.91 Å². The fourth-order valence-corrected chi connectivity index (χ4v) is 1.38. The number of nitrogens with zero attached hydrogens (tertiary/aromatic N) is 1. The van der Waals surface area contributed by atoms with E-state index in [2.05, 4.69) is 5.18 Å². The van der Waals surface area contributed by atoms with Gasteiger partial charge in [-0.3, -0.25) is 4.79 Å². The highest BCUT2D eigenvalue weighted by Gasteiger charge is 2.35. The van der Waals surface area contributed by atoms with E-state index in [9.17, 15) is 22.9 Å². The number of hydrogen-bond acceptors (Lipinski definition) is 3. The fourth-order valence-electron chi connectivity index (χ4n) is 1.38. The maximum Gasteiger partial charge on any atom is 0.416 e. The van der Waals surface area contributed by atoms with Gasteiger partial charge >= 0.3 is 6.18 Å². The van der Waals surface area contributed by atoms with E-state index in [0.717, 1.165) is 12.1 Å². The van der Waals surface area contributed by atoms with Crippen LogP contribution in [-0.2, 0) is 11.0 Å². The number of primary amides is 1. The molecule has 4 nitrogen and oxygen atoms in total. The Morgan fingerprint density at radius 3 is 2.41 bits per heavy atom. The quantitative estimate of drug-likeness (QED) is 0.832. The molecule has 0 aromatic heterocycles. The van der Waals surface area contributed by atoms with E-state index in [4.69, 9.17) is 5.73 Å². The number of amides is 1. The molecule has 1 atom stereocenters. The van der Waals surface area contributed by atoms with Gasteiger partial charge in [0.2, 0.25) is 5.91 Å². The van der Waals surface area contributed by atoms with Gasteiger partial charge in [-0.25, -0.2) is 0 Å². The van der Waals surface area contributed by atoms with Gasteiger partial charge in [-0.1, -0.05) is 6.07 Å². The normalized spacial score (nSPS) is 13.2. The van der Waals surface area contributed by atoms with Gasteiger partial charge in [0, 0.05) is 0 Å². The van der Waals surface area contributed by atoms with Crippen molar-refractivity contribution in [2.75, 3.05) is 0 Å². The largest absolute Gasteiger partial charge is 0.416 e. The summed E-state index contributed by atoms with van der Waals surface area (Å²) in [5.74, 6) is -1.96. The van der Waals surface area contributed by atoms with Crippen LogP contribution in [0.4, 0.5) is 18.9 Å². The van der Waals surface area contributed by atoms with Gasteiger partial charge in [0.1, 0.15) is 5.69 Å². The molecule has 0 heterocycles. The standard InChI is InChI=1S/C10H9F3N2O2/c1-5(9(14)16)7-3-2-6(15-17)4-8(7)10(11,12)13/h2-5H,1H3,(H2,14,16). The van der Waals surface area contributed by atoms with Crippen LogP contribution in [0.15, 0.2) is 23.4 Å². The Morgan fingerprint density at radius 1 is 1.41 bits per heavy atom. The van der Waals surface area contributed by atoms with Crippen molar-refractivity contribution >= 4 is 11.6 Å². The zero-order valence-electron chi connectivity index (χ0n) is 8.78. The van der Waals surface area contributed by atoms with Gasteiger partial charge in [0.25, 0.3) is 0 Å². The maximum absolute atomic E-state index is 12.7. The molecular formula is C10H9F3N2O2. The van der Waals surface area contributed by atoms with Crippen LogP contribution in [0.5, 0.6) is 0 Å². The van der Waals surface area contributed by atoms with Crippen LogP contribution in [0.3, 0.4) is 0 Å². The van der Waals surface area contributed by atoms with Crippen molar-refractivity contribution in [2.24, 2.45) is 10.9 Å². The van der Waals surface area contributed by atoms with Crippen LogP contribution in [-0.4, -0.2) is 5.91 Å². The second-order valence-corrected chi connectivity index (χ2v) is 3.48. The van der Waals surface area contributed by atoms with E-state index < -0.39 is 23.6 Å². The van der Waals surface area contributed by atoms with E-state index in [1.165, 1.54) is 6.92 Å². The molecule has 17 heavy (non-hydrogen) atoms. The molecule has 0 radical (unpaired) electrons. The first kappa shape index (κ1) is 13.1. The minimum atomic E-state index is -4.67. The van der Waals surface area contributed by atoms with Gasteiger partial charge in [-0.05, 0) is 29.8 Å². The third-order valence-electron chi connectivity index (χ3n) is 2.34. The number of halogens is 3. The number of alkyl halides is 3. The first-order chi connectivity index (χ1) is 7.77. The average Bonchev–Trinajstić information content (AvgIpc) is 2.26. The number of carbonyl (C=O) groups excluding carboxylic acids is 1. The Morgan fingerprint density at radius 2 is 2.00 bits per heavy atom. The number of carbonyl (C=O) groups is 1. The summed E-state index contributed by atoms with van der Waals surface area (Å²) in [6, 6.07) is 2.74. The molecule has 1 unspecified atom stereocenters. The van der Waals surface area contributed by atoms with Crippen molar-refractivity contribution in [3.8, 4) is 0 Å². The lowest BCUT2D eigenvalue weighted by Gasteiger charge is -2.16. The molecule has 0 spiro atoms. The van der Waals surface area contributed by atoms with Crippen molar-refractivity contribution in [1.29, 1.82) is 0 Å². The minimum absolute atomic E-state index is 0.266. The zero-order chi connectivity index (χ0) is 13.2. The van der Waals surface area contributed by atoms with Crippen molar-refractivity contribution in [3.63, 3.8) is 0 Å². The molecule has 7 heteroatoms. The summed E-state index contributed by atoms with van der Waals surface area (Å²) in [7, 11) is 0. The highest BCUT2D eigenvalue weighted by Crippen LogP contribution is 2.37. The van der Waals surface area contributed by atoms with E-state index in [0.29, 0.717) is 6.07 Å². The molecule has 0 bridgehead atoms. The van der Waals surface area contributed by atoms with E-state index in [1.54, 1.807) is 0 Å². The molecule has 0 aliphatic carbocycles. The van der Waals surface area contributed by atoms with E-state index in [-0.39, 0.29) is 11.3 Å². The van der Waals surface area contributed by atoms with Gasteiger partial charge in [-0.15, -0.1) is 4.91 Å². The molecule has 0 saturated heterocycles. The molecule has 0 aliphatic heterocycles. The first-order valence-corrected chi connectivity index (χ1v) is 4.61. The summed E-state index contributed by atoms with van der Waals surface area (Å²) in [4.78, 5) is 21.1. The molecule has 2 N–H and O–H groups in total. The number of nitroso groups, excluding NO2 is 1. The first-order valence-electron chi connectivity index (χ1n) is 4.61. The van der Waals surface area contributed by atoms with Crippen molar-refractivity contribution < 1.29 is 18.0 Å². The Balaban J connectivity index is 3.40. The van der Waals surface area contributed by atoms with Crippen molar-refractivity contribution in [2.45, 2.75) is 19.0 Å². The summed E-state index contributed by atoms with van der Waals surface area (Å²) >= 11 is 0. The number of benzene rings is 1. The monoisotopic (exact) mass is 246 g/mol. The SMILES string of the molecule is CC(C(N)=O)c1ccc(N=O)cc1C(F)(F)F. The molecule has 0 saturated carbocycles. The summed E-state index contributed by atoms with van der Waals surface area (Å²) < 4.78 is 38.1. The summed E-state index contributed by atoms with van der Waals surface area (Å²) in [5.41, 5.74) is 3.28. The zero-order valence-corrected chi connectivity index (χ0v) is 8.78. The second kappa shape index (κ2) is 4.52. The predicted octanol–water partition coefficient (Wildman–Crippen LogP) is 2.69. The summed E-state index contributed by atoms with van der Waals surface area (Å²) in [5, 5.41) is 2.42. The summed E-state index contributed by atoms with van der Waals surface area (Å²) in [6.07, 6.45) is -4.67. The van der Waals surface area contributed by atoms with Gasteiger partial charge in [0.05, 0.1) is 11.5 Å². The number of nitrogens with two attached hydrogens (primary N) is 1.